The van der Waals surface area contributed by atoms with Crippen molar-refractivity contribution in [2.45, 2.75) is 56.3 Å². The molecule has 0 aliphatic rings. The summed E-state index contributed by atoms with van der Waals surface area (Å²) in [5.41, 5.74) is 11.7. The average molecular weight is 660 g/mol. The number of aryl methyl sites for hydroxylation is 1. The summed E-state index contributed by atoms with van der Waals surface area (Å²) in [4.78, 5) is 37.0. The Morgan fingerprint density at radius 3 is 2.02 bits per heavy atom. The highest BCUT2D eigenvalue weighted by Crippen LogP contribution is 2.26. The highest BCUT2D eigenvalue weighted by atomic mass is 35.5. The van der Waals surface area contributed by atoms with Crippen LogP contribution in [0.3, 0.4) is 0 Å². The number of hydroxylamine groups is 1. The van der Waals surface area contributed by atoms with Gasteiger partial charge in [0.1, 0.15) is 4.84 Å². The van der Waals surface area contributed by atoms with Crippen LogP contribution in [-0.4, -0.2) is 58.3 Å². The maximum Gasteiger partial charge on any atom is 0.294 e. The Hall–Kier alpha value is -3.00. The molecule has 0 heterocycles. The minimum atomic E-state index is -4.02. The Morgan fingerprint density at radius 1 is 0.977 bits per heavy atom. The molecule has 0 aromatic heterocycles. The molecule has 0 aliphatic carbocycles. The molecule has 43 heavy (non-hydrogen) atoms. The molecule has 0 fully saturated rings. The van der Waals surface area contributed by atoms with Gasteiger partial charge in [0.2, 0.25) is 11.8 Å². The van der Waals surface area contributed by atoms with Crippen molar-refractivity contribution in [3.63, 3.8) is 0 Å². The molecular weight excluding hydrogens is 619 g/mol. The lowest BCUT2D eigenvalue weighted by Crippen LogP contribution is -2.55. The van der Waals surface area contributed by atoms with Gasteiger partial charge in [0, 0.05) is 0 Å². The van der Waals surface area contributed by atoms with Crippen molar-refractivity contribution < 1.29 is 32.6 Å². The first-order valence-corrected chi connectivity index (χ1v) is 15.7. The van der Waals surface area contributed by atoms with E-state index >= 15 is 0 Å². The molecule has 2 aromatic carbocycles. The zero-order valence-corrected chi connectivity index (χ0v) is 26.8. The molecule has 0 spiro atoms. The first-order valence-electron chi connectivity index (χ1n) is 13.4. The molecule has 0 aliphatic heterocycles. The standard InChI is InChI=1S/C22H32Cl2N4O4.C7H8O3S/c1-14(2)12-18(20(29)26-28(13-19(23)24)22(31)15(3)25)17(21(30)27-32)11-7-10-16-8-5-4-6-9-16;1-6-2-4-7(5-3-6)11(8,9)10/h4-10,14-15,17-19,32H,11-13,25H2,1-3H3,(H,26,29)(H,27,30);2-5H,1H3,(H,8,9,10)/b10-7+;/t15-,17+,18-;/m1./s1. The van der Waals surface area contributed by atoms with Gasteiger partial charge in [-0.25, -0.2) is 5.48 Å². The number of hydrogen-bond donors (Lipinski definition) is 5. The number of carbonyl (C=O) groups is 3. The number of nitrogens with two attached hydrogens (primary N) is 1. The summed E-state index contributed by atoms with van der Waals surface area (Å²) in [6.07, 6.45) is 4.14. The largest absolute Gasteiger partial charge is 0.320 e. The number of nitrogens with one attached hydrogen (secondary N) is 2. The van der Waals surface area contributed by atoms with Crippen LogP contribution in [0.4, 0.5) is 0 Å². The van der Waals surface area contributed by atoms with Gasteiger partial charge < -0.3 is 5.73 Å². The molecule has 0 saturated carbocycles. The van der Waals surface area contributed by atoms with E-state index in [9.17, 15) is 28.0 Å². The van der Waals surface area contributed by atoms with Crippen molar-refractivity contribution in [3.05, 3.63) is 71.8 Å². The molecule has 238 valence electrons. The zero-order chi connectivity index (χ0) is 32.7. The van der Waals surface area contributed by atoms with Crippen LogP contribution in [0.25, 0.3) is 6.08 Å². The van der Waals surface area contributed by atoms with Crippen molar-refractivity contribution in [3.8, 4) is 0 Å². The number of alkyl halides is 2. The second-order valence-corrected chi connectivity index (χ2v) is 13.0. The van der Waals surface area contributed by atoms with Crippen LogP contribution < -0.4 is 16.6 Å². The minimum Gasteiger partial charge on any atom is -0.320 e. The lowest BCUT2D eigenvalue weighted by atomic mass is 9.82. The number of carbonyl (C=O) groups excluding carboxylic acids is 3. The number of nitrogens with zero attached hydrogens (tertiary/aromatic N) is 1. The maximum atomic E-state index is 13.2. The third-order valence-electron chi connectivity index (χ3n) is 6.03. The van der Waals surface area contributed by atoms with Gasteiger partial charge in [0.25, 0.3) is 16.0 Å². The van der Waals surface area contributed by atoms with Crippen LogP contribution in [0, 0.1) is 24.7 Å². The summed E-state index contributed by atoms with van der Waals surface area (Å²) in [5.74, 6) is -3.48. The Kier molecular flexibility index (Phi) is 16.5. The van der Waals surface area contributed by atoms with E-state index in [0.717, 1.165) is 16.1 Å². The highest BCUT2D eigenvalue weighted by molar-refractivity contribution is 7.85. The predicted octanol–water partition coefficient (Wildman–Crippen LogP) is 4.13. The zero-order valence-electron chi connectivity index (χ0n) is 24.5. The molecule has 14 heteroatoms. The first-order chi connectivity index (χ1) is 20.1. The normalized spacial score (nSPS) is 13.6. The number of halogens is 2. The average Bonchev–Trinajstić information content (AvgIpc) is 2.93. The third-order valence-corrected chi connectivity index (χ3v) is 7.18. The van der Waals surface area contributed by atoms with E-state index < -0.39 is 50.6 Å². The number of hydrazine groups is 1. The second-order valence-electron chi connectivity index (χ2n) is 10.3. The van der Waals surface area contributed by atoms with Crippen molar-refractivity contribution in [2.75, 3.05) is 6.54 Å². The molecular formula is C29H40Cl2N4O7S. The van der Waals surface area contributed by atoms with E-state index in [1.54, 1.807) is 23.7 Å². The van der Waals surface area contributed by atoms with Gasteiger partial charge >= 0.3 is 0 Å². The molecule has 3 amide bonds. The monoisotopic (exact) mass is 658 g/mol. The SMILES string of the molecule is CC(C)C[C@@H](C(=O)NN(CC(Cl)Cl)C(=O)[C@@H](C)N)[C@H](C/C=C/c1ccccc1)C(=O)NO.Cc1ccc(S(=O)(=O)O)cc1. The van der Waals surface area contributed by atoms with Crippen LogP contribution in [0.2, 0.25) is 0 Å². The molecule has 11 nitrogen and oxygen atoms in total. The summed E-state index contributed by atoms with van der Waals surface area (Å²) in [6.45, 7) is 6.96. The number of rotatable bonds is 12. The third kappa shape index (κ3) is 14.3. The van der Waals surface area contributed by atoms with E-state index in [4.69, 9.17) is 33.5 Å². The van der Waals surface area contributed by atoms with Crippen LogP contribution in [0.5, 0.6) is 0 Å². The summed E-state index contributed by atoms with van der Waals surface area (Å²) in [6, 6.07) is 14.6. The Bertz CT molecular complexity index is 1310. The minimum absolute atomic E-state index is 0.0595. The van der Waals surface area contributed by atoms with Gasteiger partial charge in [0.05, 0.1) is 29.3 Å². The molecule has 2 rings (SSSR count). The van der Waals surface area contributed by atoms with E-state index in [0.29, 0.717) is 6.42 Å². The molecule has 0 saturated heterocycles. The summed E-state index contributed by atoms with van der Waals surface area (Å²) < 4.78 is 29.6. The fourth-order valence-corrected chi connectivity index (χ4v) is 4.67. The first kappa shape index (κ1) is 38.0. The number of allylic oxidation sites excluding steroid dienone is 1. The van der Waals surface area contributed by atoms with Crippen LogP contribution in [0.1, 0.15) is 44.7 Å². The fraction of sp³-hybridized carbons (Fsp3) is 0.414. The Balaban J connectivity index is 0.000000699. The number of benzene rings is 2. The molecule has 0 radical (unpaired) electrons. The van der Waals surface area contributed by atoms with E-state index in [2.05, 4.69) is 5.43 Å². The second kappa shape index (κ2) is 18.6. The fourth-order valence-electron chi connectivity index (χ4n) is 3.91. The van der Waals surface area contributed by atoms with Gasteiger partial charge in [0.15, 0.2) is 0 Å². The topological polar surface area (TPSA) is 179 Å². The summed E-state index contributed by atoms with van der Waals surface area (Å²) >= 11 is 11.6. The molecule has 0 bridgehead atoms. The van der Waals surface area contributed by atoms with Crippen LogP contribution in [-0.2, 0) is 24.5 Å². The quantitative estimate of drug-likeness (QED) is 0.0977. The Labute approximate surface area is 263 Å². The molecule has 3 atom stereocenters. The van der Waals surface area contributed by atoms with Crippen molar-refractivity contribution in [1.82, 2.24) is 15.9 Å². The van der Waals surface area contributed by atoms with Gasteiger partial charge in [-0.2, -0.15) is 8.42 Å². The van der Waals surface area contributed by atoms with Gasteiger partial charge in [-0.05, 0) is 50.3 Å². The lowest BCUT2D eigenvalue weighted by Gasteiger charge is -2.30. The molecule has 0 unspecified atom stereocenters. The summed E-state index contributed by atoms with van der Waals surface area (Å²) in [5, 5.41) is 10.2. The molecule has 6 N–H and O–H groups in total. The van der Waals surface area contributed by atoms with Crippen LogP contribution >= 0.6 is 23.2 Å². The van der Waals surface area contributed by atoms with Gasteiger partial charge in [-0.15, -0.1) is 23.2 Å². The lowest BCUT2D eigenvalue weighted by molar-refractivity contribution is -0.147. The number of amides is 3. The maximum absolute atomic E-state index is 13.2. The van der Waals surface area contributed by atoms with E-state index in [1.807, 2.05) is 57.2 Å². The van der Waals surface area contributed by atoms with Crippen molar-refractivity contribution in [2.24, 2.45) is 23.5 Å². The van der Waals surface area contributed by atoms with E-state index in [1.165, 1.54) is 19.1 Å². The van der Waals surface area contributed by atoms with Crippen molar-refractivity contribution in [1.29, 1.82) is 0 Å². The Morgan fingerprint density at radius 2 is 1.56 bits per heavy atom. The van der Waals surface area contributed by atoms with E-state index in [-0.39, 0.29) is 23.8 Å². The smallest absolute Gasteiger partial charge is 0.294 e. The van der Waals surface area contributed by atoms with Crippen molar-refractivity contribution >= 4 is 57.1 Å². The highest BCUT2D eigenvalue weighted by Gasteiger charge is 2.35. The number of hydrogen-bond acceptors (Lipinski definition) is 7. The predicted molar refractivity (Wildman–Crippen MR) is 166 cm³/mol. The van der Waals surface area contributed by atoms with Crippen LogP contribution in [0.15, 0.2) is 65.6 Å². The molecule has 2 aromatic rings. The van der Waals surface area contributed by atoms with Gasteiger partial charge in [-0.3, -0.25) is 34.6 Å². The summed E-state index contributed by atoms with van der Waals surface area (Å²) in [7, 11) is -4.02. The van der Waals surface area contributed by atoms with Gasteiger partial charge in [-0.1, -0.05) is 74.0 Å².